The molecule has 2 rings (SSSR count). The maximum atomic E-state index is 9.83. The number of hydrogen-bond donors (Lipinski definition) is 2. The summed E-state index contributed by atoms with van der Waals surface area (Å²) in [7, 11) is 0. The van der Waals surface area contributed by atoms with Crippen molar-refractivity contribution < 1.29 is 5.11 Å². The van der Waals surface area contributed by atoms with Crippen LogP contribution in [0.1, 0.15) is 18.1 Å². The highest BCUT2D eigenvalue weighted by Crippen LogP contribution is 2.26. The van der Waals surface area contributed by atoms with Crippen molar-refractivity contribution in [3.05, 3.63) is 64.7 Å². The second-order valence-electron chi connectivity index (χ2n) is 4.72. The van der Waals surface area contributed by atoms with Crippen molar-refractivity contribution in [1.29, 1.82) is 0 Å². The first kappa shape index (κ1) is 13.9. The summed E-state index contributed by atoms with van der Waals surface area (Å²) in [4.78, 5) is 0. The van der Waals surface area contributed by atoms with Crippen molar-refractivity contribution >= 4 is 11.6 Å². The van der Waals surface area contributed by atoms with E-state index < -0.39 is 0 Å². The number of nitrogens with one attached hydrogen (secondary N) is 1. The van der Waals surface area contributed by atoms with Crippen LogP contribution in [0, 0.1) is 0 Å². The Morgan fingerprint density at radius 1 is 1.11 bits per heavy atom. The molecular formula is C16H18ClNO. The molecule has 0 saturated carbocycles. The van der Waals surface area contributed by atoms with Crippen LogP contribution in [0.15, 0.2) is 48.5 Å². The summed E-state index contributed by atoms with van der Waals surface area (Å²) in [6.07, 6.45) is 0.960. The van der Waals surface area contributed by atoms with Gasteiger partial charge in [-0.1, -0.05) is 54.1 Å². The van der Waals surface area contributed by atoms with E-state index in [0.29, 0.717) is 17.6 Å². The number of phenolic OH excluding ortho intramolecular Hbond substituents is 1. The normalized spacial score (nSPS) is 12.3. The summed E-state index contributed by atoms with van der Waals surface area (Å²) in [6.45, 7) is 2.75. The van der Waals surface area contributed by atoms with Crippen LogP contribution in [0.5, 0.6) is 5.75 Å². The van der Waals surface area contributed by atoms with Crippen LogP contribution in [0.3, 0.4) is 0 Å². The lowest BCUT2D eigenvalue weighted by Gasteiger charge is -2.15. The van der Waals surface area contributed by atoms with Crippen LogP contribution in [0.25, 0.3) is 0 Å². The number of benzene rings is 2. The second kappa shape index (κ2) is 6.60. The highest BCUT2D eigenvalue weighted by atomic mass is 35.5. The quantitative estimate of drug-likeness (QED) is 0.871. The van der Waals surface area contributed by atoms with Gasteiger partial charge in [-0.2, -0.15) is 0 Å². The molecule has 0 aliphatic heterocycles. The molecule has 2 N–H and O–H groups in total. The van der Waals surface area contributed by atoms with Gasteiger partial charge >= 0.3 is 0 Å². The molecule has 19 heavy (non-hydrogen) atoms. The van der Waals surface area contributed by atoms with E-state index in [1.807, 2.05) is 30.3 Å². The SMILES string of the molecule is CC(Cc1ccccc1)NCc1cccc(Cl)c1O. The molecule has 0 fully saturated rings. The molecule has 1 atom stereocenters. The zero-order valence-corrected chi connectivity index (χ0v) is 11.7. The Kier molecular flexibility index (Phi) is 4.83. The van der Waals surface area contributed by atoms with Gasteiger partial charge in [0, 0.05) is 18.2 Å². The van der Waals surface area contributed by atoms with E-state index in [1.165, 1.54) is 5.56 Å². The zero-order valence-electron chi connectivity index (χ0n) is 10.9. The second-order valence-corrected chi connectivity index (χ2v) is 5.13. The lowest BCUT2D eigenvalue weighted by atomic mass is 10.1. The maximum absolute atomic E-state index is 9.83. The Hall–Kier alpha value is -1.51. The third-order valence-electron chi connectivity index (χ3n) is 3.10. The van der Waals surface area contributed by atoms with Gasteiger partial charge in [0.15, 0.2) is 0 Å². The highest BCUT2D eigenvalue weighted by molar-refractivity contribution is 6.32. The molecule has 0 aliphatic rings. The van der Waals surface area contributed by atoms with E-state index >= 15 is 0 Å². The van der Waals surface area contributed by atoms with Crippen LogP contribution in [0.2, 0.25) is 5.02 Å². The number of para-hydroxylation sites is 1. The first-order valence-electron chi connectivity index (χ1n) is 6.40. The monoisotopic (exact) mass is 275 g/mol. The smallest absolute Gasteiger partial charge is 0.138 e. The van der Waals surface area contributed by atoms with Gasteiger partial charge in [-0.25, -0.2) is 0 Å². The number of rotatable bonds is 5. The van der Waals surface area contributed by atoms with Crippen LogP contribution < -0.4 is 5.32 Å². The fourth-order valence-corrected chi connectivity index (χ4v) is 2.22. The van der Waals surface area contributed by atoms with E-state index in [9.17, 15) is 5.11 Å². The van der Waals surface area contributed by atoms with Gasteiger partial charge in [0.2, 0.25) is 0 Å². The first-order chi connectivity index (χ1) is 9.16. The van der Waals surface area contributed by atoms with E-state index in [2.05, 4.69) is 24.4 Å². The van der Waals surface area contributed by atoms with Gasteiger partial charge in [0.25, 0.3) is 0 Å². The lowest BCUT2D eigenvalue weighted by Crippen LogP contribution is -2.27. The molecule has 0 saturated heterocycles. The molecule has 2 nitrogen and oxygen atoms in total. The molecule has 0 bridgehead atoms. The fourth-order valence-electron chi connectivity index (χ4n) is 2.03. The van der Waals surface area contributed by atoms with Gasteiger partial charge in [-0.3, -0.25) is 0 Å². The molecule has 0 heterocycles. The summed E-state index contributed by atoms with van der Waals surface area (Å²) in [5.41, 5.74) is 2.13. The van der Waals surface area contributed by atoms with E-state index in [1.54, 1.807) is 6.07 Å². The summed E-state index contributed by atoms with van der Waals surface area (Å²) in [5.74, 6) is 0.170. The van der Waals surface area contributed by atoms with Crippen molar-refractivity contribution in [3.8, 4) is 5.75 Å². The minimum absolute atomic E-state index is 0.170. The van der Waals surface area contributed by atoms with Crippen LogP contribution >= 0.6 is 11.6 Å². The van der Waals surface area contributed by atoms with Gasteiger partial charge in [-0.15, -0.1) is 0 Å². The van der Waals surface area contributed by atoms with Crippen LogP contribution in [-0.2, 0) is 13.0 Å². The van der Waals surface area contributed by atoms with Gasteiger partial charge in [0.1, 0.15) is 5.75 Å². The average molecular weight is 276 g/mol. The molecule has 0 aliphatic carbocycles. The predicted molar refractivity (Wildman–Crippen MR) is 79.6 cm³/mol. The van der Waals surface area contributed by atoms with Crippen molar-refractivity contribution in [2.75, 3.05) is 0 Å². The molecular weight excluding hydrogens is 258 g/mol. The van der Waals surface area contributed by atoms with Gasteiger partial charge in [0.05, 0.1) is 5.02 Å². The van der Waals surface area contributed by atoms with Crippen molar-refractivity contribution in [1.82, 2.24) is 5.32 Å². The predicted octanol–water partition coefficient (Wildman–Crippen LogP) is 3.77. The molecule has 2 aromatic rings. The Morgan fingerprint density at radius 2 is 1.84 bits per heavy atom. The minimum atomic E-state index is 0.170. The van der Waals surface area contributed by atoms with Crippen LogP contribution in [-0.4, -0.2) is 11.1 Å². The number of hydrogen-bond acceptors (Lipinski definition) is 2. The summed E-state index contributed by atoms with van der Waals surface area (Å²) < 4.78 is 0. The van der Waals surface area contributed by atoms with Crippen LogP contribution in [0.4, 0.5) is 0 Å². The fraction of sp³-hybridized carbons (Fsp3) is 0.250. The van der Waals surface area contributed by atoms with E-state index in [-0.39, 0.29) is 5.75 Å². The molecule has 0 radical (unpaired) electrons. The Morgan fingerprint density at radius 3 is 2.58 bits per heavy atom. The van der Waals surface area contributed by atoms with E-state index in [4.69, 9.17) is 11.6 Å². The molecule has 3 heteroatoms. The minimum Gasteiger partial charge on any atom is -0.506 e. The maximum Gasteiger partial charge on any atom is 0.138 e. The number of halogens is 1. The average Bonchev–Trinajstić information content (AvgIpc) is 2.42. The van der Waals surface area contributed by atoms with Crippen molar-refractivity contribution in [2.24, 2.45) is 0 Å². The third-order valence-corrected chi connectivity index (χ3v) is 3.40. The summed E-state index contributed by atoms with van der Waals surface area (Å²) >= 11 is 5.88. The van der Waals surface area contributed by atoms with E-state index in [0.717, 1.165) is 12.0 Å². The highest BCUT2D eigenvalue weighted by Gasteiger charge is 2.07. The Bertz CT molecular complexity index is 528. The lowest BCUT2D eigenvalue weighted by molar-refractivity contribution is 0.459. The summed E-state index contributed by atoms with van der Waals surface area (Å²) in [6, 6.07) is 16.1. The molecule has 0 amide bonds. The zero-order chi connectivity index (χ0) is 13.7. The number of phenols is 1. The molecule has 0 aromatic heterocycles. The third kappa shape index (κ3) is 3.98. The largest absolute Gasteiger partial charge is 0.506 e. The number of aromatic hydroxyl groups is 1. The van der Waals surface area contributed by atoms with Crippen molar-refractivity contribution in [2.45, 2.75) is 25.9 Å². The van der Waals surface area contributed by atoms with Gasteiger partial charge in [-0.05, 0) is 25.0 Å². The molecule has 0 spiro atoms. The van der Waals surface area contributed by atoms with Gasteiger partial charge < -0.3 is 10.4 Å². The standard InChI is InChI=1S/C16H18ClNO/c1-12(10-13-6-3-2-4-7-13)18-11-14-8-5-9-15(17)16(14)19/h2-9,12,18-19H,10-11H2,1H3. The van der Waals surface area contributed by atoms with Crippen molar-refractivity contribution in [3.63, 3.8) is 0 Å². The molecule has 100 valence electrons. The Balaban J connectivity index is 1.90. The molecule has 1 unspecified atom stereocenters. The molecule has 2 aromatic carbocycles. The topological polar surface area (TPSA) is 32.3 Å². The Labute approximate surface area is 119 Å². The summed E-state index contributed by atoms with van der Waals surface area (Å²) in [5, 5.41) is 13.6. The first-order valence-corrected chi connectivity index (χ1v) is 6.78.